The van der Waals surface area contributed by atoms with Crippen molar-refractivity contribution in [2.45, 2.75) is 90.3 Å². The first-order valence-corrected chi connectivity index (χ1v) is 16.5. The fraction of sp³-hybridized carbons (Fsp3) is 0.594. The maximum Gasteiger partial charge on any atom is 0.348 e. The Kier molecular flexibility index (Phi) is 14.3. The Balaban J connectivity index is 0.000000342. The zero-order chi connectivity index (χ0) is 29.5. The monoisotopic (exact) mass is 575 g/mol. The number of esters is 1. The van der Waals surface area contributed by atoms with E-state index < -0.39 is 21.7 Å². The molecule has 1 saturated heterocycles. The number of carbonyl (C=O) groups is 1. The zero-order valence-corrected chi connectivity index (χ0v) is 25.4. The lowest BCUT2D eigenvalue weighted by atomic mass is 9.86. The van der Waals surface area contributed by atoms with Gasteiger partial charge in [0.25, 0.3) is 0 Å². The summed E-state index contributed by atoms with van der Waals surface area (Å²) in [7, 11) is -3.98. The van der Waals surface area contributed by atoms with Crippen LogP contribution in [0, 0.1) is 0 Å². The number of hydrogen-bond acceptors (Lipinski definition) is 6. The first kappa shape index (κ1) is 33.9. The lowest BCUT2D eigenvalue weighted by Gasteiger charge is -2.32. The molecule has 0 radical (unpaired) electrons. The van der Waals surface area contributed by atoms with Crippen LogP contribution in [0.4, 0.5) is 0 Å². The van der Waals surface area contributed by atoms with Gasteiger partial charge in [-0.3, -0.25) is 0 Å². The molecule has 1 N–H and O–H groups in total. The minimum absolute atomic E-state index is 0.152. The van der Waals surface area contributed by atoms with Crippen molar-refractivity contribution in [3.8, 4) is 0 Å². The molecule has 40 heavy (non-hydrogen) atoms. The fourth-order valence-electron chi connectivity index (χ4n) is 5.34. The lowest BCUT2D eigenvalue weighted by Crippen LogP contribution is -2.47. The number of likely N-dealkylation sites (tertiary alicyclic amines) is 1. The SMILES string of the molecule is CCCCCCCCCCS(=O)(=O)[O-].CC[N+]1(CC)CCC(OC(=O)C(O)(c2ccccc2)c2ccccc2)C1. The maximum atomic E-state index is 13.1. The predicted molar refractivity (Wildman–Crippen MR) is 159 cm³/mol. The van der Waals surface area contributed by atoms with Gasteiger partial charge in [0.2, 0.25) is 5.60 Å². The molecule has 1 aliphatic heterocycles. The number of benzene rings is 2. The summed E-state index contributed by atoms with van der Waals surface area (Å²) in [5, 5.41) is 11.4. The quantitative estimate of drug-likeness (QED) is 0.125. The van der Waals surface area contributed by atoms with Crippen LogP contribution in [-0.2, 0) is 25.3 Å². The van der Waals surface area contributed by atoms with E-state index in [1.807, 2.05) is 36.4 Å². The van der Waals surface area contributed by atoms with E-state index in [1.165, 1.54) is 32.1 Å². The van der Waals surface area contributed by atoms with Crippen molar-refractivity contribution in [3.05, 3.63) is 71.8 Å². The summed E-state index contributed by atoms with van der Waals surface area (Å²) in [5.41, 5.74) is -0.735. The first-order valence-electron chi connectivity index (χ1n) is 14.9. The number of nitrogens with zero attached hydrogens (tertiary/aromatic N) is 1. The molecule has 3 rings (SSSR count). The molecule has 1 fully saturated rings. The van der Waals surface area contributed by atoms with E-state index in [4.69, 9.17) is 4.74 Å². The van der Waals surface area contributed by atoms with Gasteiger partial charge < -0.3 is 18.9 Å². The number of ether oxygens (including phenoxy) is 1. The minimum Gasteiger partial charge on any atom is -0.748 e. The average Bonchev–Trinajstić information content (AvgIpc) is 3.38. The number of aliphatic hydroxyl groups is 1. The molecule has 0 amide bonds. The molecule has 0 aliphatic carbocycles. The van der Waals surface area contributed by atoms with Crippen LogP contribution in [0.1, 0.15) is 89.7 Å². The van der Waals surface area contributed by atoms with Gasteiger partial charge in [-0.05, 0) is 31.4 Å². The highest BCUT2D eigenvalue weighted by atomic mass is 32.2. The largest absolute Gasteiger partial charge is 0.748 e. The molecule has 0 aromatic heterocycles. The summed E-state index contributed by atoms with van der Waals surface area (Å²) < 4.78 is 37.6. The van der Waals surface area contributed by atoms with Crippen LogP contribution in [0.5, 0.6) is 0 Å². The Labute approximate surface area is 241 Å². The van der Waals surface area contributed by atoms with Crippen LogP contribution in [0.25, 0.3) is 0 Å². The zero-order valence-electron chi connectivity index (χ0n) is 24.6. The van der Waals surface area contributed by atoms with Crippen molar-refractivity contribution in [1.82, 2.24) is 0 Å². The van der Waals surface area contributed by atoms with Gasteiger partial charge in [0, 0.05) is 12.2 Å². The number of rotatable bonds is 15. The molecule has 2 aromatic rings. The van der Waals surface area contributed by atoms with Crippen molar-refractivity contribution >= 4 is 16.1 Å². The van der Waals surface area contributed by atoms with Gasteiger partial charge in [0.1, 0.15) is 6.54 Å². The van der Waals surface area contributed by atoms with Crippen molar-refractivity contribution in [2.75, 3.05) is 31.9 Å². The van der Waals surface area contributed by atoms with Gasteiger partial charge in [-0.15, -0.1) is 0 Å². The number of carbonyl (C=O) groups excluding carboxylic acids is 1. The first-order chi connectivity index (χ1) is 19.1. The third-order valence-electron chi connectivity index (χ3n) is 8.06. The molecule has 1 heterocycles. The van der Waals surface area contributed by atoms with Crippen molar-refractivity contribution in [1.29, 1.82) is 0 Å². The standard InChI is InChI=1S/C22H28NO3.C10H22O3S/c1-3-23(4-2)16-15-20(17-23)26-21(24)22(25,18-11-7-5-8-12-18)19-13-9-6-10-14-19;1-2-3-4-5-6-7-8-9-10-14(11,12)13/h5-14,20,25H,3-4,15-17H2,1-2H3;2-10H2,1H3,(H,11,12,13)/q+1;/p-1. The van der Waals surface area contributed by atoms with Crippen molar-refractivity contribution in [2.24, 2.45) is 0 Å². The second-order valence-electron chi connectivity index (χ2n) is 10.9. The summed E-state index contributed by atoms with van der Waals surface area (Å²) in [5.74, 6) is -0.783. The summed E-state index contributed by atoms with van der Waals surface area (Å²) in [6.07, 6.45) is 9.34. The van der Waals surface area contributed by atoms with Gasteiger partial charge in [-0.2, -0.15) is 0 Å². The summed E-state index contributed by atoms with van der Waals surface area (Å²) in [6, 6.07) is 18.1. The number of likely N-dealkylation sites (N-methyl/N-ethyl adjacent to an activating group) is 1. The van der Waals surface area contributed by atoms with E-state index in [1.54, 1.807) is 24.3 Å². The lowest BCUT2D eigenvalue weighted by molar-refractivity contribution is -0.914. The molecule has 0 spiro atoms. The number of unbranched alkanes of at least 4 members (excludes halogenated alkanes) is 7. The summed E-state index contributed by atoms with van der Waals surface area (Å²) in [6.45, 7) is 10.4. The smallest absolute Gasteiger partial charge is 0.348 e. The number of quaternary nitrogens is 1. The summed E-state index contributed by atoms with van der Waals surface area (Å²) in [4.78, 5) is 13.1. The molecule has 8 heteroatoms. The Morgan fingerprint density at radius 1 is 0.875 bits per heavy atom. The predicted octanol–water partition coefficient (Wildman–Crippen LogP) is 5.77. The number of hydrogen-bond donors (Lipinski definition) is 1. The van der Waals surface area contributed by atoms with Gasteiger partial charge in [-0.25, -0.2) is 13.2 Å². The van der Waals surface area contributed by atoms with E-state index in [0.717, 1.165) is 49.9 Å². The Morgan fingerprint density at radius 2 is 1.35 bits per heavy atom. The molecule has 1 unspecified atom stereocenters. The normalized spacial score (nSPS) is 16.7. The van der Waals surface area contributed by atoms with Gasteiger partial charge in [-0.1, -0.05) is 113 Å². The third-order valence-corrected chi connectivity index (χ3v) is 8.85. The van der Waals surface area contributed by atoms with Crippen LogP contribution in [0.3, 0.4) is 0 Å². The molecule has 2 aromatic carbocycles. The summed E-state index contributed by atoms with van der Waals surface area (Å²) >= 11 is 0. The van der Waals surface area contributed by atoms with E-state index in [-0.39, 0.29) is 11.9 Å². The molecule has 1 aliphatic rings. The highest BCUT2D eigenvalue weighted by molar-refractivity contribution is 7.85. The third kappa shape index (κ3) is 10.6. The van der Waals surface area contributed by atoms with Crippen LogP contribution in [0.2, 0.25) is 0 Å². The van der Waals surface area contributed by atoms with Gasteiger partial charge >= 0.3 is 5.97 Å². The van der Waals surface area contributed by atoms with Gasteiger partial charge in [0.05, 0.1) is 29.8 Å². The molecule has 7 nitrogen and oxygen atoms in total. The van der Waals surface area contributed by atoms with Crippen LogP contribution in [0.15, 0.2) is 60.7 Å². The molecule has 1 atom stereocenters. The minimum atomic E-state index is -3.98. The fourth-order valence-corrected chi connectivity index (χ4v) is 5.89. The van der Waals surface area contributed by atoms with E-state index in [2.05, 4.69) is 20.8 Å². The topological polar surface area (TPSA) is 104 Å². The Hall–Kier alpha value is -2.26. The van der Waals surface area contributed by atoms with Gasteiger partial charge in [0.15, 0.2) is 6.10 Å². The highest BCUT2D eigenvalue weighted by Gasteiger charge is 2.45. The van der Waals surface area contributed by atoms with Crippen LogP contribution in [-0.4, -0.2) is 66.6 Å². The molecule has 224 valence electrons. The van der Waals surface area contributed by atoms with E-state index >= 15 is 0 Å². The average molecular weight is 576 g/mol. The van der Waals surface area contributed by atoms with Crippen LogP contribution >= 0.6 is 0 Å². The molecule has 0 saturated carbocycles. The van der Waals surface area contributed by atoms with Crippen molar-refractivity contribution < 1.29 is 32.1 Å². The maximum absolute atomic E-state index is 13.1. The Bertz CT molecular complexity index is 1050. The molecule has 0 bridgehead atoms. The van der Waals surface area contributed by atoms with Crippen molar-refractivity contribution in [3.63, 3.8) is 0 Å². The van der Waals surface area contributed by atoms with E-state index in [0.29, 0.717) is 17.5 Å². The Morgan fingerprint density at radius 3 is 1.77 bits per heavy atom. The molecular formula is C32H49NO6S. The second-order valence-corrected chi connectivity index (χ2v) is 12.4. The highest BCUT2D eigenvalue weighted by Crippen LogP contribution is 2.33. The molecular weight excluding hydrogens is 526 g/mol. The second kappa shape index (κ2) is 16.9. The van der Waals surface area contributed by atoms with E-state index in [9.17, 15) is 22.9 Å². The van der Waals surface area contributed by atoms with Crippen LogP contribution < -0.4 is 0 Å².